The van der Waals surface area contributed by atoms with E-state index in [-0.39, 0.29) is 37.0 Å². The highest BCUT2D eigenvalue weighted by molar-refractivity contribution is 8.00. The molecule has 0 aromatic heterocycles. The average molecular weight is 333 g/mol. The van der Waals surface area contributed by atoms with Crippen LogP contribution in [0.4, 0.5) is 4.79 Å². The molecule has 2 fully saturated rings. The molecule has 0 bridgehead atoms. The van der Waals surface area contributed by atoms with Gasteiger partial charge in [0, 0.05) is 17.4 Å². The first kappa shape index (κ1) is 18.5. The molecule has 2 aliphatic heterocycles. The number of carboxylic acids is 1. The molecule has 3 amide bonds. The third-order valence-corrected chi connectivity index (χ3v) is 4.92. The molecular formula is C12H23N5O4S. The Kier molecular flexibility index (Phi) is 7.99. The predicted molar refractivity (Wildman–Crippen MR) is 83.0 cm³/mol. The van der Waals surface area contributed by atoms with Crippen LogP contribution in [0, 0.1) is 0 Å². The number of carbonyl (C=O) groups excluding carboxylic acids is 2. The minimum Gasteiger partial charge on any atom is -0.481 e. The van der Waals surface area contributed by atoms with Gasteiger partial charge in [0.05, 0.1) is 18.6 Å². The summed E-state index contributed by atoms with van der Waals surface area (Å²) >= 11 is 1.87. The first-order valence-corrected chi connectivity index (χ1v) is 8.12. The molecule has 0 aromatic carbocycles. The number of rotatable bonds is 6. The molecule has 2 rings (SSSR count). The summed E-state index contributed by atoms with van der Waals surface area (Å²) in [6.45, 7) is -0.0451. The van der Waals surface area contributed by atoms with Crippen molar-refractivity contribution in [1.29, 1.82) is 0 Å². The van der Waals surface area contributed by atoms with Gasteiger partial charge in [0.2, 0.25) is 5.91 Å². The Bertz CT molecular complexity index is 403. The highest BCUT2D eigenvalue weighted by Gasteiger charge is 2.42. The zero-order valence-corrected chi connectivity index (χ0v) is 13.0. The van der Waals surface area contributed by atoms with Crippen molar-refractivity contribution in [2.24, 2.45) is 11.6 Å². The molecule has 0 aromatic rings. The predicted octanol–water partition coefficient (Wildman–Crippen LogP) is -1.27. The van der Waals surface area contributed by atoms with Gasteiger partial charge in [0.1, 0.15) is 0 Å². The molecule has 2 saturated heterocycles. The van der Waals surface area contributed by atoms with Gasteiger partial charge >= 0.3 is 12.0 Å². The number of urea groups is 1. The van der Waals surface area contributed by atoms with E-state index >= 15 is 0 Å². The Labute approximate surface area is 132 Å². The minimum absolute atomic E-state index is 0.0451. The Morgan fingerprint density at radius 2 is 2.09 bits per heavy atom. The quantitative estimate of drug-likeness (QED) is 0.116. The lowest BCUT2D eigenvalue weighted by Crippen LogP contribution is -2.36. The second kappa shape index (κ2) is 9.49. The van der Waals surface area contributed by atoms with Crippen molar-refractivity contribution in [1.82, 2.24) is 16.1 Å². The fraction of sp³-hybridized carbons (Fsp3) is 0.750. The van der Waals surface area contributed by atoms with Gasteiger partial charge in [-0.05, 0) is 12.8 Å². The first-order valence-electron chi connectivity index (χ1n) is 7.07. The number of carbonyl (C=O) groups is 3. The van der Waals surface area contributed by atoms with Gasteiger partial charge in [-0.25, -0.2) is 10.6 Å². The highest BCUT2D eigenvalue weighted by Crippen LogP contribution is 2.33. The molecule has 0 spiro atoms. The van der Waals surface area contributed by atoms with Crippen molar-refractivity contribution >= 4 is 29.7 Å². The molecule has 3 atom stereocenters. The van der Waals surface area contributed by atoms with Crippen LogP contribution in [0.5, 0.6) is 0 Å². The van der Waals surface area contributed by atoms with E-state index < -0.39 is 5.97 Å². The van der Waals surface area contributed by atoms with E-state index in [0.29, 0.717) is 5.25 Å². The molecular weight excluding hydrogens is 310 g/mol. The standard InChI is InChI=1S/C10H16N2O3S.C2H7N3O/c13-8(14)4-2-1-3-7-9-6(5-16-7)11-10(15)12-9;3-1-2(6)5-4/h6-7,9H,1-5H2,(H,13,14)(H2,11,12,15);1,3-4H2,(H,5,6)/t6-,7-,9-;/m0./s1. The maximum atomic E-state index is 11.1. The van der Waals surface area contributed by atoms with Crippen LogP contribution in [0.25, 0.3) is 0 Å². The number of thioether (sulfide) groups is 1. The second-order valence-electron chi connectivity index (χ2n) is 5.03. The second-order valence-corrected chi connectivity index (χ2v) is 6.31. The molecule has 0 aliphatic carbocycles. The molecule has 10 heteroatoms. The molecule has 2 heterocycles. The number of carboxylic acid groups (broad SMARTS) is 1. The fourth-order valence-electron chi connectivity index (χ4n) is 2.32. The summed E-state index contributed by atoms with van der Waals surface area (Å²) in [7, 11) is 0. The summed E-state index contributed by atoms with van der Waals surface area (Å²) in [5.74, 6) is 4.49. The van der Waals surface area contributed by atoms with Gasteiger partial charge in [-0.2, -0.15) is 11.8 Å². The van der Waals surface area contributed by atoms with E-state index in [1.54, 1.807) is 0 Å². The van der Waals surface area contributed by atoms with E-state index in [4.69, 9.17) is 10.8 Å². The van der Waals surface area contributed by atoms with Crippen LogP contribution < -0.4 is 27.6 Å². The number of hydrazine groups is 1. The average Bonchev–Trinajstić information content (AvgIpc) is 3.03. The van der Waals surface area contributed by atoms with Crippen LogP contribution in [0.15, 0.2) is 0 Å². The van der Waals surface area contributed by atoms with Crippen LogP contribution in [-0.2, 0) is 9.59 Å². The Hall–Kier alpha value is -1.52. The van der Waals surface area contributed by atoms with Gasteiger partial charge in [0.25, 0.3) is 0 Å². The Balaban J connectivity index is 0.000000346. The number of nitrogens with two attached hydrogens (primary N) is 2. The zero-order valence-electron chi connectivity index (χ0n) is 12.2. The summed E-state index contributed by atoms with van der Waals surface area (Å²) in [6, 6.07) is 0.440. The fourth-order valence-corrected chi connectivity index (χ4v) is 3.87. The first-order chi connectivity index (χ1) is 10.5. The third kappa shape index (κ3) is 6.08. The van der Waals surface area contributed by atoms with Crippen LogP contribution >= 0.6 is 11.8 Å². The SMILES string of the molecule is NCC(=O)NN.O=C(O)CCCC[C@@H]1SC[C@@H]2NC(=O)N[C@@H]21. The van der Waals surface area contributed by atoms with Gasteiger partial charge in [-0.1, -0.05) is 6.42 Å². The smallest absolute Gasteiger partial charge is 0.315 e. The molecule has 0 unspecified atom stereocenters. The summed E-state index contributed by atoms with van der Waals surface area (Å²) in [4.78, 5) is 31.3. The molecule has 126 valence electrons. The third-order valence-electron chi connectivity index (χ3n) is 3.41. The van der Waals surface area contributed by atoms with Crippen LogP contribution in [-0.4, -0.2) is 52.6 Å². The van der Waals surface area contributed by atoms with Crippen molar-refractivity contribution in [3.05, 3.63) is 0 Å². The van der Waals surface area contributed by atoms with E-state index in [1.807, 2.05) is 17.2 Å². The number of fused-ring (bicyclic) bond motifs is 1. The number of hydrogen-bond acceptors (Lipinski definition) is 6. The number of aliphatic carboxylic acids is 1. The largest absolute Gasteiger partial charge is 0.481 e. The van der Waals surface area contributed by atoms with Crippen molar-refractivity contribution < 1.29 is 19.5 Å². The van der Waals surface area contributed by atoms with Crippen molar-refractivity contribution in [2.45, 2.75) is 43.0 Å². The maximum Gasteiger partial charge on any atom is 0.315 e. The van der Waals surface area contributed by atoms with Crippen LogP contribution in [0.3, 0.4) is 0 Å². The van der Waals surface area contributed by atoms with Crippen LogP contribution in [0.2, 0.25) is 0 Å². The number of unbranched alkanes of at least 4 members (excludes halogenated alkanes) is 1. The summed E-state index contributed by atoms with van der Waals surface area (Å²) in [5, 5.41) is 14.8. The number of amides is 3. The minimum atomic E-state index is -0.729. The van der Waals surface area contributed by atoms with E-state index in [0.717, 1.165) is 25.0 Å². The molecule has 0 radical (unpaired) electrons. The highest BCUT2D eigenvalue weighted by atomic mass is 32.2. The van der Waals surface area contributed by atoms with Crippen molar-refractivity contribution in [3.63, 3.8) is 0 Å². The number of hydrogen-bond donors (Lipinski definition) is 6. The summed E-state index contributed by atoms with van der Waals surface area (Å²) < 4.78 is 0. The van der Waals surface area contributed by atoms with E-state index in [2.05, 4.69) is 16.5 Å². The monoisotopic (exact) mass is 333 g/mol. The zero-order chi connectivity index (χ0) is 16.5. The lowest BCUT2D eigenvalue weighted by Gasteiger charge is -2.16. The van der Waals surface area contributed by atoms with E-state index in [1.165, 1.54) is 0 Å². The molecule has 2 aliphatic rings. The molecule has 22 heavy (non-hydrogen) atoms. The summed E-state index contributed by atoms with van der Waals surface area (Å²) in [5.41, 5.74) is 6.64. The Morgan fingerprint density at radius 3 is 2.64 bits per heavy atom. The van der Waals surface area contributed by atoms with Crippen molar-refractivity contribution in [2.75, 3.05) is 12.3 Å². The topological polar surface area (TPSA) is 160 Å². The Morgan fingerprint density at radius 1 is 1.36 bits per heavy atom. The maximum absolute atomic E-state index is 11.1. The number of nitrogens with one attached hydrogen (secondary N) is 3. The van der Waals surface area contributed by atoms with E-state index in [9.17, 15) is 14.4 Å². The molecule has 8 N–H and O–H groups in total. The lowest BCUT2D eigenvalue weighted by molar-refractivity contribution is -0.137. The lowest BCUT2D eigenvalue weighted by atomic mass is 10.0. The van der Waals surface area contributed by atoms with Gasteiger partial charge < -0.3 is 21.5 Å². The molecule has 9 nitrogen and oxygen atoms in total. The van der Waals surface area contributed by atoms with Gasteiger partial charge in [0.15, 0.2) is 0 Å². The van der Waals surface area contributed by atoms with Gasteiger partial charge in [-0.15, -0.1) is 0 Å². The van der Waals surface area contributed by atoms with Gasteiger partial charge in [-0.3, -0.25) is 15.0 Å². The van der Waals surface area contributed by atoms with Crippen LogP contribution in [0.1, 0.15) is 25.7 Å². The van der Waals surface area contributed by atoms with Crippen molar-refractivity contribution in [3.8, 4) is 0 Å². The summed E-state index contributed by atoms with van der Waals surface area (Å²) in [6.07, 6.45) is 2.88. The molecule has 0 saturated carbocycles. The normalized spacial score (nSPS) is 25.4.